The SMILES string of the molecule is CC(C)(C)OC(=O)N1CCN2C[C@H](O)C[C@@H]2C1. The van der Waals surface area contributed by atoms with Crippen molar-refractivity contribution in [2.75, 3.05) is 26.2 Å². The number of amides is 1. The van der Waals surface area contributed by atoms with E-state index in [9.17, 15) is 9.90 Å². The van der Waals surface area contributed by atoms with Gasteiger partial charge in [-0.25, -0.2) is 4.79 Å². The summed E-state index contributed by atoms with van der Waals surface area (Å²) in [6.07, 6.45) is 0.288. The minimum Gasteiger partial charge on any atom is -0.444 e. The van der Waals surface area contributed by atoms with Crippen LogP contribution < -0.4 is 0 Å². The Balaban J connectivity index is 1.90. The zero-order valence-corrected chi connectivity index (χ0v) is 10.8. The van der Waals surface area contributed by atoms with Crippen molar-refractivity contribution < 1.29 is 14.6 Å². The van der Waals surface area contributed by atoms with E-state index >= 15 is 0 Å². The lowest BCUT2D eigenvalue weighted by molar-refractivity contribution is 0.00921. The summed E-state index contributed by atoms with van der Waals surface area (Å²) in [5, 5.41) is 9.59. The van der Waals surface area contributed by atoms with Gasteiger partial charge in [0.1, 0.15) is 5.60 Å². The lowest BCUT2D eigenvalue weighted by Gasteiger charge is -2.37. The number of carbonyl (C=O) groups excluding carboxylic acids is 1. The van der Waals surface area contributed by atoms with Crippen molar-refractivity contribution in [2.24, 2.45) is 0 Å². The quantitative estimate of drug-likeness (QED) is 0.678. The molecule has 2 aliphatic heterocycles. The van der Waals surface area contributed by atoms with E-state index in [0.717, 1.165) is 19.5 Å². The maximum absolute atomic E-state index is 11.9. The second-order valence-electron chi connectivity index (χ2n) is 5.96. The Bertz CT molecular complexity index is 301. The zero-order valence-electron chi connectivity index (χ0n) is 10.8. The standard InChI is InChI=1S/C12H22N2O3/c1-12(2,3)17-11(16)14-5-4-13-8-10(15)6-9(13)7-14/h9-10,15H,4-8H2,1-3H3/t9-,10-/m1/s1. The van der Waals surface area contributed by atoms with Crippen LogP contribution in [0.1, 0.15) is 27.2 Å². The van der Waals surface area contributed by atoms with Crippen molar-refractivity contribution in [1.29, 1.82) is 0 Å². The highest BCUT2D eigenvalue weighted by atomic mass is 16.6. The fraction of sp³-hybridized carbons (Fsp3) is 0.917. The molecule has 98 valence electrons. The lowest BCUT2D eigenvalue weighted by atomic mass is 10.1. The van der Waals surface area contributed by atoms with Crippen LogP contribution >= 0.6 is 0 Å². The third-order valence-corrected chi connectivity index (χ3v) is 3.25. The summed E-state index contributed by atoms with van der Waals surface area (Å²) in [6, 6.07) is 0.297. The van der Waals surface area contributed by atoms with E-state index in [1.807, 2.05) is 20.8 Å². The summed E-state index contributed by atoms with van der Waals surface area (Å²) in [7, 11) is 0. The number of rotatable bonds is 0. The summed E-state index contributed by atoms with van der Waals surface area (Å²) in [5.74, 6) is 0. The number of ether oxygens (including phenoxy) is 1. The van der Waals surface area contributed by atoms with Crippen LogP contribution in [0.4, 0.5) is 4.79 Å². The Morgan fingerprint density at radius 3 is 2.65 bits per heavy atom. The molecule has 0 aromatic rings. The molecule has 1 amide bonds. The molecule has 5 nitrogen and oxygen atoms in total. The van der Waals surface area contributed by atoms with Gasteiger partial charge in [-0.05, 0) is 27.2 Å². The highest BCUT2D eigenvalue weighted by Gasteiger charge is 2.37. The van der Waals surface area contributed by atoms with Crippen molar-refractivity contribution in [3.05, 3.63) is 0 Å². The lowest BCUT2D eigenvalue weighted by Crippen LogP contribution is -2.53. The summed E-state index contributed by atoms with van der Waals surface area (Å²) < 4.78 is 5.36. The van der Waals surface area contributed by atoms with Crippen LogP contribution in [0.5, 0.6) is 0 Å². The first-order chi connectivity index (χ1) is 7.85. The van der Waals surface area contributed by atoms with Crippen molar-refractivity contribution in [3.63, 3.8) is 0 Å². The number of nitrogens with zero attached hydrogens (tertiary/aromatic N) is 2. The van der Waals surface area contributed by atoms with E-state index in [1.165, 1.54) is 0 Å². The predicted molar refractivity (Wildman–Crippen MR) is 63.8 cm³/mol. The normalized spacial score (nSPS) is 30.2. The second-order valence-corrected chi connectivity index (χ2v) is 5.96. The molecular weight excluding hydrogens is 220 g/mol. The first-order valence-electron chi connectivity index (χ1n) is 6.25. The molecule has 2 fully saturated rings. The van der Waals surface area contributed by atoms with Gasteiger partial charge in [-0.2, -0.15) is 0 Å². The highest BCUT2D eigenvalue weighted by molar-refractivity contribution is 5.68. The summed E-state index contributed by atoms with van der Waals surface area (Å²) in [6.45, 7) is 8.57. The molecule has 0 aliphatic carbocycles. The fourth-order valence-electron chi connectivity index (χ4n) is 2.51. The summed E-state index contributed by atoms with van der Waals surface area (Å²) in [4.78, 5) is 15.9. The second kappa shape index (κ2) is 4.46. The van der Waals surface area contributed by atoms with Crippen molar-refractivity contribution in [2.45, 2.75) is 44.9 Å². The van der Waals surface area contributed by atoms with E-state index in [2.05, 4.69) is 4.90 Å². The van der Waals surface area contributed by atoms with Crippen LogP contribution in [0.3, 0.4) is 0 Å². The molecule has 2 rings (SSSR count). The van der Waals surface area contributed by atoms with Gasteiger partial charge in [0.2, 0.25) is 0 Å². The molecule has 0 aromatic carbocycles. The molecule has 17 heavy (non-hydrogen) atoms. The largest absolute Gasteiger partial charge is 0.444 e. The number of aliphatic hydroxyl groups excluding tert-OH is 1. The third kappa shape index (κ3) is 3.10. The van der Waals surface area contributed by atoms with Crippen LogP contribution in [0, 0.1) is 0 Å². The van der Waals surface area contributed by atoms with Crippen molar-refractivity contribution in [1.82, 2.24) is 9.80 Å². The van der Waals surface area contributed by atoms with Gasteiger partial charge in [0, 0.05) is 32.2 Å². The maximum Gasteiger partial charge on any atom is 0.410 e. The van der Waals surface area contributed by atoms with E-state index in [4.69, 9.17) is 4.74 Å². The maximum atomic E-state index is 11.9. The summed E-state index contributed by atoms with van der Waals surface area (Å²) >= 11 is 0. The zero-order chi connectivity index (χ0) is 12.6. The first kappa shape index (κ1) is 12.6. The van der Waals surface area contributed by atoms with Crippen LogP contribution in [-0.4, -0.2) is 64.9 Å². The number of fused-ring (bicyclic) bond motifs is 1. The van der Waals surface area contributed by atoms with E-state index < -0.39 is 5.60 Å². The minimum atomic E-state index is -0.441. The number of aliphatic hydroxyl groups is 1. The molecular formula is C12H22N2O3. The molecule has 0 aromatic heterocycles. The van der Waals surface area contributed by atoms with Crippen LogP contribution in [0.25, 0.3) is 0 Å². The smallest absolute Gasteiger partial charge is 0.410 e. The molecule has 0 bridgehead atoms. The molecule has 2 heterocycles. The first-order valence-corrected chi connectivity index (χ1v) is 6.25. The topological polar surface area (TPSA) is 53.0 Å². The van der Waals surface area contributed by atoms with Gasteiger partial charge < -0.3 is 14.7 Å². The number of piperazine rings is 1. The van der Waals surface area contributed by atoms with Crippen molar-refractivity contribution in [3.8, 4) is 0 Å². The van der Waals surface area contributed by atoms with Gasteiger partial charge in [-0.3, -0.25) is 4.90 Å². The Morgan fingerprint density at radius 1 is 1.29 bits per heavy atom. The Hall–Kier alpha value is -0.810. The summed E-state index contributed by atoms with van der Waals surface area (Å²) in [5.41, 5.74) is -0.441. The van der Waals surface area contributed by atoms with Gasteiger partial charge in [0.05, 0.1) is 6.10 Å². The van der Waals surface area contributed by atoms with Crippen molar-refractivity contribution >= 4 is 6.09 Å². The van der Waals surface area contributed by atoms with E-state index in [-0.39, 0.29) is 12.2 Å². The monoisotopic (exact) mass is 242 g/mol. The van der Waals surface area contributed by atoms with Crippen LogP contribution in [0.15, 0.2) is 0 Å². The molecule has 2 aliphatic rings. The highest BCUT2D eigenvalue weighted by Crippen LogP contribution is 2.23. The fourth-order valence-corrected chi connectivity index (χ4v) is 2.51. The molecule has 2 atom stereocenters. The average molecular weight is 242 g/mol. The van der Waals surface area contributed by atoms with Gasteiger partial charge in [-0.1, -0.05) is 0 Å². The van der Waals surface area contributed by atoms with Gasteiger partial charge in [0.15, 0.2) is 0 Å². The number of carbonyl (C=O) groups is 1. The van der Waals surface area contributed by atoms with E-state index in [1.54, 1.807) is 4.90 Å². The van der Waals surface area contributed by atoms with Gasteiger partial charge in [0.25, 0.3) is 0 Å². The Labute approximate surface area is 102 Å². The third-order valence-electron chi connectivity index (χ3n) is 3.25. The predicted octanol–water partition coefficient (Wildman–Crippen LogP) is 0.672. The van der Waals surface area contributed by atoms with Gasteiger partial charge in [-0.15, -0.1) is 0 Å². The van der Waals surface area contributed by atoms with Gasteiger partial charge >= 0.3 is 6.09 Å². The molecule has 1 N–H and O–H groups in total. The molecule has 0 radical (unpaired) electrons. The molecule has 5 heteroatoms. The molecule has 0 unspecified atom stereocenters. The average Bonchev–Trinajstić information content (AvgIpc) is 2.53. The van der Waals surface area contributed by atoms with Crippen LogP contribution in [0.2, 0.25) is 0 Å². The van der Waals surface area contributed by atoms with Crippen LogP contribution in [-0.2, 0) is 4.74 Å². The molecule has 0 saturated carbocycles. The Kier molecular flexibility index (Phi) is 3.32. The number of hydrogen-bond acceptors (Lipinski definition) is 4. The molecule has 0 spiro atoms. The molecule has 2 saturated heterocycles. The van der Waals surface area contributed by atoms with E-state index in [0.29, 0.717) is 19.1 Å². The number of hydrogen-bond donors (Lipinski definition) is 1. The Morgan fingerprint density at radius 2 is 2.00 bits per heavy atom. The minimum absolute atomic E-state index is 0.237.